The lowest BCUT2D eigenvalue weighted by Gasteiger charge is -2.10. The number of nitro benzene ring substituents is 1. The van der Waals surface area contributed by atoms with Crippen LogP contribution in [0.25, 0.3) is 0 Å². The summed E-state index contributed by atoms with van der Waals surface area (Å²) in [5.41, 5.74) is -0.708. The first kappa shape index (κ1) is 14.0. The molecule has 102 valence electrons. The van der Waals surface area contributed by atoms with Gasteiger partial charge in [-0.2, -0.15) is 0 Å². The molecule has 20 heavy (non-hydrogen) atoms. The molecule has 0 bridgehead atoms. The first-order valence-corrected chi connectivity index (χ1v) is 5.77. The normalized spacial score (nSPS) is 10.1. The Morgan fingerprint density at radius 2 is 1.95 bits per heavy atom. The van der Waals surface area contributed by atoms with Crippen LogP contribution in [0.5, 0.6) is 11.5 Å². The zero-order chi connectivity index (χ0) is 14.7. The fourth-order valence-corrected chi connectivity index (χ4v) is 1.78. The summed E-state index contributed by atoms with van der Waals surface area (Å²) in [6.07, 6.45) is 0.271. The summed E-state index contributed by atoms with van der Waals surface area (Å²) in [7, 11) is 0. The van der Waals surface area contributed by atoms with E-state index in [0.29, 0.717) is 0 Å². The third-order valence-electron chi connectivity index (χ3n) is 2.49. The molecule has 0 atom stereocenters. The van der Waals surface area contributed by atoms with E-state index in [9.17, 15) is 19.3 Å². The van der Waals surface area contributed by atoms with Gasteiger partial charge >= 0.3 is 5.69 Å². The largest absolute Gasteiger partial charge is 0.448 e. The van der Waals surface area contributed by atoms with Crippen LogP contribution in [-0.4, -0.2) is 11.2 Å². The SMILES string of the molecule is O=Cc1c(F)cccc1Oc1c(Cl)cccc1[N+](=O)[O-]. The predicted octanol–water partition coefficient (Wildman–Crippen LogP) is 3.99. The average Bonchev–Trinajstić information content (AvgIpc) is 2.41. The molecule has 0 aromatic heterocycles. The van der Waals surface area contributed by atoms with E-state index in [2.05, 4.69) is 0 Å². The van der Waals surface area contributed by atoms with Crippen LogP contribution in [-0.2, 0) is 0 Å². The molecule has 2 aromatic carbocycles. The van der Waals surface area contributed by atoms with Gasteiger partial charge in [0.2, 0.25) is 5.75 Å². The highest BCUT2D eigenvalue weighted by molar-refractivity contribution is 6.32. The highest BCUT2D eigenvalue weighted by atomic mass is 35.5. The molecule has 0 amide bonds. The molecule has 0 aliphatic heterocycles. The Bertz CT molecular complexity index is 690. The number of nitrogens with zero attached hydrogens (tertiary/aromatic N) is 1. The zero-order valence-corrected chi connectivity index (χ0v) is 10.6. The number of halogens is 2. The van der Waals surface area contributed by atoms with Crippen LogP contribution in [0.1, 0.15) is 10.4 Å². The Morgan fingerprint density at radius 1 is 1.25 bits per heavy atom. The van der Waals surface area contributed by atoms with Crippen molar-refractivity contribution in [2.75, 3.05) is 0 Å². The molecule has 0 saturated carbocycles. The van der Waals surface area contributed by atoms with Crippen molar-refractivity contribution in [2.45, 2.75) is 0 Å². The van der Waals surface area contributed by atoms with Crippen molar-refractivity contribution >= 4 is 23.6 Å². The van der Waals surface area contributed by atoms with Crippen LogP contribution < -0.4 is 4.74 Å². The number of carbonyl (C=O) groups excluding carboxylic acids is 1. The minimum Gasteiger partial charge on any atom is -0.448 e. The molecule has 0 fully saturated rings. The Morgan fingerprint density at radius 3 is 2.60 bits per heavy atom. The Hall–Kier alpha value is -2.47. The maximum absolute atomic E-state index is 13.4. The van der Waals surface area contributed by atoms with Gasteiger partial charge in [0.05, 0.1) is 15.5 Å². The summed E-state index contributed by atoms with van der Waals surface area (Å²) in [6, 6.07) is 7.70. The first-order chi connectivity index (χ1) is 9.54. The quantitative estimate of drug-likeness (QED) is 0.486. The molecule has 0 N–H and O–H groups in total. The molecule has 0 radical (unpaired) electrons. The molecule has 0 aliphatic carbocycles. The van der Waals surface area contributed by atoms with Crippen molar-refractivity contribution in [3.63, 3.8) is 0 Å². The third-order valence-corrected chi connectivity index (χ3v) is 2.78. The lowest BCUT2D eigenvalue weighted by molar-refractivity contribution is -0.385. The minimum atomic E-state index is -0.785. The number of carbonyl (C=O) groups is 1. The van der Waals surface area contributed by atoms with Gasteiger partial charge in [0, 0.05) is 6.07 Å². The Balaban J connectivity index is 2.53. The van der Waals surface area contributed by atoms with E-state index < -0.39 is 10.7 Å². The fraction of sp³-hybridized carbons (Fsp3) is 0. The third kappa shape index (κ3) is 2.60. The molecule has 0 spiro atoms. The topological polar surface area (TPSA) is 69.4 Å². The highest BCUT2D eigenvalue weighted by Crippen LogP contribution is 2.38. The number of nitro groups is 1. The van der Waals surface area contributed by atoms with Crippen molar-refractivity contribution in [3.8, 4) is 11.5 Å². The Labute approximate surface area is 117 Å². The molecular weight excluding hydrogens is 289 g/mol. The standard InChI is InChI=1S/C13H7ClFNO4/c14-9-3-1-5-11(16(18)19)13(9)20-12-6-2-4-10(15)8(12)7-17/h1-7H. The van der Waals surface area contributed by atoms with Gasteiger partial charge in [0.25, 0.3) is 0 Å². The van der Waals surface area contributed by atoms with Crippen LogP contribution in [0.15, 0.2) is 36.4 Å². The average molecular weight is 296 g/mol. The molecule has 0 saturated heterocycles. The van der Waals surface area contributed by atoms with Gasteiger partial charge in [-0.15, -0.1) is 0 Å². The van der Waals surface area contributed by atoms with Crippen molar-refractivity contribution in [2.24, 2.45) is 0 Å². The summed E-state index contributed by atoms with van der Waals surface area (Å²) in [4.78, 5) is 21.1. The predicted molar refractivity (Wildman–Crippen MR) is 70.0 cm³/mol. The van der Waals surface area contributed by atoms with E-state index in [-0.39, 0.29) is 34.1 Å². The van der Waals surface area contributed by atoms with Gasteiger partial charge in [-0.3, -0.25) is 14.9 Å². The van der Waals surface area contributed by atoms with E-state index in [1.165, 1.54) is 30.3 Å². The number of para-hydroxylation sites is 1. The maximum Gasteiger partial charge on any atom is 0.313 e. The summed E-state index contributed by atoms with van der Waals surface area (Å²) in [5, 5.41) is 10.9. The van der Waals surface area contributed by atoms with Crippen LogP contribution in [0.2, 0.25) is 5.02 Å². The fourth-order valence-electron chi connectivity index (χ4n) is 1.57. The smallest absolute Gasteiger partial charge is 0.313 e. The first-order valence-electron chi connectivity index (χ1n) is 5.39. The molecule has 2 aromatic rings. The van der Waals surface area contributed by atoms with Crippen molar-refractivity contribution in [1.82, 2.24) is 0 Å². The van der Waals surface area contributed by atoms with E-state index in [0.717, 1.165) is 6.07 Å². The summed E-state index contributed by atoms with van der Waals surface area (Å²) in [6.45, 7) is 0. The van der Waals surface area contributed by atoms with E-state index >= 15 is 0 Å². The number of benzene rings is 2. The molecule has 0 aliphatic rings. The summed E-state index contributed by atoms with van der Waals surface area (Å²) < 4.78 is 18.7. The van der Waals surface area contributed by atoms with Crippen LogP contribution in [0.4, 0.5) is 10.1 Å². The summed E-state index contributed by atoms with van der Waals surface area (Å²) >= 11 is 5.85. The van der Waals surface area contributed by atoms with Crippen LogP contribution >= 0.6 is 11.6 Å². The van der Waals surface area contributed by atoms with Gasteiger partial charge in [-0.25, -0.2) is 4.39 Å². The molecule has 0 unspecified atom stereocenters. The number of hydrogen-bond donors (Lipinski definition) is 0. The monoisotopic (exact) mass is 295 g/mol. The second-order valence-electron chi connectivity index (χ2n) is 3.72. The van der Waals surface area contributed by atoms with Crippen molar-refractivity contribution in [3.05, 3.63) is 62.9 Å². The van der Waals surface area contributed by atoms with Gasteiger partial charge in [-0.1, -0.05) is 23.7 Å². The minimum absolute atomic E-state index is 0.0136. The number of aldehydes is 1. The lowest BCUT2D eigenvalue weighted by Crippen LogP contribution is -1.97. The molecule has 2 rings (SSSR count). The second-order valence-corrected chi connectivity index (χ2v) is 4.12. The molecule has 0 heterocycles. The van der Waals surface area contributed by atoms with Crippen molar-refractivity contribution in [1.29, 1.82) is 0 Å². The summed E-state index contributed by atoms with van der Waals surface area (Å²) in [5.74, 6) is -1.17. The zero-order valence-electron chi connectivity index (χ0n) is 9.88. The number of ether oxygens (including phenoxy) is 1. The van der Waals surface area contributed by atoms with E-state index in [4.69, 9.17) is 16.3 Å². The molecule has 7 heteroatoms. The van der Waals surface area contributed by atoms with Gasteiger partial charge in [0.1, 0.15) is 11.6 Å². The van der Waals surface area contributed by atoms with Gasteiger partial charge < -0.3 is 4.74 Å². The van der Waals surface area contributed by atoms with Crippen molar-refractivity contribution < 1.29 is 18.8 Å². The van der Waals surface area contributed by atoms with E-state index in [1.54, 1.807) is 0 Å². The van der Waals surface area contributed by atoms with Crippen LogP contribution in [0, 0.1) is 15.9 Å². The lowest BCUT2D eigenvalue weighted by atomic mass is 10.2. The number of rotatable bonds is 4. The van der Waals surface area contributed by atoms with Gasteiger partial charge in [-0.05, 0) is 18.2 Å². The van der Waals surface area contributed by atoms with E-state index in [1.807, 2.05) is 0 Å². The maximum atomic E-state index is 13.4. The molecule has 5 nitrogen and oxygen atoms in total. The van der Waals surface area contributed by atoms with Crippen LogP contribution in [0.3, 0.4) is 0 Å². The number of hydrogen-bond acceptors (Lipinski definition) is 4. The Kier molecular flexibility index (Phi) is 3.95. The highest BCUT2D eigenvalue weighted by Gasteiger charge is 2.20. The molecular formula is C13H7ClFNO4. The van der Waals surface area contributed by atoms with Gasteiger partial charge in [0.15, 0.2) is 6.29 Å². The second kappa shape index (κ2) is 5.66.